The number of rotatable bonds is 4. The van der Waals surface area contributed by atoms with E-state index in [0.717, 1.165) is 12.8 Å². The molecule has 0 radical (unpaired) electrons. The second kappa shape index (κ2) is 6.57. The summed E-state index contributed by atoms with van der Waals surface area (Å²) in [4.78, 5) is 11.6. The van der Waals surface area contributed by atoms with Crippen molar-refractivity contribution in [3.63, 3.8) is 0 Å². The van der Waals surface area contributed by atoms with E-state index < -0.39 is 11.7 Å². The van der Waals surface area contributed by atoms with E-state index in [-0.39, 0.29) is 12.1 Å². The Bertz CT molecular complexity index is 537. The summed E-state index contributed by atoms with van der Waals surface area (Å²) < 4.78 is 5.22. The number of nitrogens with one attached hydrogen (secondary N) is 2. The molecule has 0 saturated carbocycles. The fourth-order valence-corrected chi connectivity index (χ4v) is 2.73. The highest BCUT2D eigenvalue weighted by Crippen LogP contribution is 2.33. The van der Waals surface area contributed by atoms with Crippen LogP contribution in [0, 0.1) is 0 Å². The molecule has 5 nitrogen and oxygen atoms in total. The van der Waals surface area contributed by atoms with Crippen molar-refractivity contribution < 1.29 is 14.6 Å². The highest BCUT2D eigenvalue weighted by molar-refractivity contribution is 5.67. The van der Waals surface area contributed by atoms with Crippen molar-refractivity contribution in [2.75, 3.05) is 6.54 Å². The highest BCUT2D eigenvalue weighted by Gasteiger charge is 2.24. The number of fused-ring (bicyclic) bond motifs is 1. The van der Waals surface area contributed by atoms with E-state index in [9.17, 15) is 9.90 Å². The molecule has 5 heteroatoms. The van der Waals surface area contributed by atoms with Gasteiger partial charge in [-0.05, 0) is 63.8 Å². The lowest BCUT2D eigenvalue weighted by Gasteiger charge is -2.23. The number of aromatic hydroxyl groups is 1. The van der Waals surface area contributed by atoms with Crippen LogP contribution in [0.25, 0.3) is 0 Å². The first-order valence-corrected chi connectivity index (χ1v) is 7.79. The van der Waals surface area contributed by atoms with Gasteiger partial charge in [-0.1, -0.05) is 6.07 Å². The number of phenolic OH excluding ortho intramolecular Hbond substituents is 1. The van der Waals surface area contributed by atoms with Crippen molar-refractivity contribution in [1.29, 1.82) is 0 Å². The molecule has 22 heavy (non-hydrogen) atoms. The first-order valence-electron chi connectivity index (χ1n) is 7.79. The van der Waals surface area contributed by atoms with Crippen molar-refractivity contribution in [1.82, 2.24) is 10.6 Å². The summed E-state index contributed by atoms with van der Waals surface area (Å²) in [6, 6.07) is 5.94. The highest BCUT2D eigenvalue weighted by atomic mass is 16.6. The van der Waals surface area contributed by atoms with Crippen LogP contribution in [0.15, 0.2) is 18.2 Å². The summed E-state index contributed by atoms with van der Waals surface area (Å²) in [7, 11) is 0. The Hall–Kier alpha value is -1.75. The molecule has 0 aliphatic heterocycles. The Balaban J connectivity index is 1.82. The smallest absolute Gasteiger partial charge is 0.407 e. The normalized spacial score (nSPS) is 18.6. The topological polar surface area (TPSA) is 70.6 Å². The van der Waals surface area contributed by atoms with E-state index in [0.29, 0.717) is 12.3 Å². The SMILES string of the molecule is CC(CNC(=O)OC(C)(C)C)NC1CCc2cc(O)ccc21. The molecule has 2 rings (SSSR count). The predicted molar refractivity (Wildman–Crippen MR) is 86.0 cm³/mol. The largest absolute Gasteiger partial charge is 0.508 e. The number of ether oxygens (including phenoxy) is 1. The molecule has 0 fully saturated rings. The fourth-order valence-electron chi connectivity index (χ4n) is 2.73. The molecule has 0 aromatic heterocycles. The van der Waals surface area contributed by atoms with Crippen LogP contribution in [-0.2, 0) is 11.2 Å². The Morgan fingerprint density at radius 2 is 2.18 bits per heavy atom. The molecule has 1 amide bonds. The lowest BCUT2D eigenvalue weighted by molar-refractivity contribution is 0.0522. The van der Waals surface area contributed by atoms with Gasteiger partial charge in [-0.3, -0.25) is 0 Å². The van der Waals surface area contributed by atoms with Crippen LogP contribution in [0.1, 0.15) is 51.3 Å². The molecule has 1 aliphatic rings. The van der Waals surface area contributed by atoms with Gasteiger partial charge in [0.25, 0.3) is 0 Å². The van der Waals surface area contributed by atoms with Crippen molar-refractivity contribution in [2.24, 2.45) is 0 Å². The number of amides is 1. The van der Waals surface area contributed by atoms with Crippen molar-refractivity contribution in [3.8, 4) is 5.75 Å². The minimum atomic E-state index is -0.479. The van der Waals surface area contributed by atoms with Crippen LogP contribution in [-0.4, -0.2) is 29.4 Å². The van der Waals surface area contributed by atoms with Crippen molar-refractivity contribution in [2.45, 2.75) is 58.2 Å². The molecule has 1 aromatic rings. The molecule has 1 aliphatic carbocycles. The maximum Gasteiger partial charge on any atom is 0.407 e. The molecule has 3 N–H and O–H groups in total. The molecular formula is C17H26N2O3. The van der Waals surface area contributed by atoms with Crippen LogP contribution >= 0.6 is 0 Å². The first-order chi connectivity index (χ1) is 10.2. The molecule has 0 heterocycles. The van der Waals surface area contributed by atoms with Gasteiger partial charge in [0.2, 0.25) is 0 Å². The number of hydrogen-bond acceptors (Lipinski definition) is 4. The fraction of sp³-hybridized carbons (Fsp3) is 0.588. The first kappa shape index (κ1) is 16.6. The van der Waals surface area contributed by atoms with Crippen LogP contribution < -0.4 is 10.6 Å². The number of benzene rings is 1. The average molecular weight is 306 g/mol. The van der Waals surface area contributed by atoms with E-state index >= 15 is 0 Å². The molecule has 122 valence electrons. The molecule has 2 atom stereocenters. The van der Waals surface area contributed by atoms with Gasteiger partial charge in [0.05, 0.1) is 0 Å². The lowest BCUT2D eigenvalue weighted by atomic mass is 10.1. The zero-order valence-corrected chi connectivity index (χ0v) is 13.8. The molecular weight excluding hydrogens is 280 g/mol. The Labute approximate surface area is 132 Å². The number of alkyl carbamates (subject to hydrolysis) is 1. The molecule has 0 saturated heterocycles. The molecule has 1 aromatic carbocycles. The third-order valence-electron chi connectivity index (χ3n) is 3.64. The number of carbonyl (C=O) groups excluding carboxylic acids is 1. The summed E-state index contributed by atoms with van der Waals surface area (Å²) in [5.74, 6) is 0.319. The number of phenols is 1. The Kier molecular flexibility index (Phi) is 4.96. The lowest BCUT2D eigenvalue weighted by Crippen LogP contribution is -2.42. The van der Waals surface area contributed by atoms with Gasteiger partial charge in [-0.15, -0.1) is 0 Å². The van der Waals surface area contributed by atoms with E-state index in [2.05, 4.69) is 10.6 Å². The van der Waals surface area contributed by atoms with Gasteiger partial charge in [-0.2, -0.15) is 0 Å². The average Bonchev–Trinajstić information content (AvgIpc) is 2.77. The second-order valence-corrected chi connectivity index (χ2v) is 6.92. The maximum atomic E-state index is 11.6. The zero-order valence-electron chi connectivity index (χ0n) is 13.8. The number of carbonyl (C=O) groups is 1. The van der Waals surface area contributed by atoms with Gasteiger partial charge >= 0.3 is 6.09 Å². The minimum Gasteiger partial charge on any atom is -0.508 e. The minimum absolute atomic E-state index is 0.136. The van der Waals surface area contributed by atoms with Gasteiger partial charge in [-0.25, -0.2) is 4.79 Å². The zero-order chi connectivity index (χ0) is 16.3. The second-order valence-electron chi connectivity index (χ2n) is 6.92. The van der Waals surface area contributed by atoms with E-state index in [4.69, 9.17) is 4.74 Å². The van der Waals surface area contributed by atoms with E-state index in [1.54, 1.807) is 6.07 Å². The van der Waals surface area contributed by atoms with E-state index in [1.165, 1.54) is 11.1 Å². The predicted octanol–water partition coefficient (Wildman–Crippen LogP) is 2.88. The van der Waals surface area contributed by atoms with Crippen molar-refractivity contribution >= 4 is 6.09 Å². The van der Waals surface area contributed by atoms with Gasteiger partial charge in [0.15, 0.2) is 0 Å². The quantitative estimate of drug-likeness (QED) is 0.800. The van der Waals surface area contributed by atoms with Crippen LogP contribution in [0.3, 0.4) is 0 Å². The van der Waals surface area contributed by atoms with Crippen molar-refractivity contribution in [3.05, 3.63) is 29.3 Å². The van der Waals surface area contributed by atoms with Crippen LogP contribution in [0.4, 0.5) is 4.79 Å². The number of aryl methyl sites for hydroxylation is 1. The Morgan fingerprint density at radius 3 is 2.86 bits per heavy atom. The van der Waals surface area contributed by atoms with Gasteiger partial charge < -0.3 is 20.5 Å². The summed E-state index contributed by atoms with van der Waals surface area (Å²) >= 11 is 0. The summed E-state index contributed by atoms with van der Waals surface area (Å²) in [6.07, 6.45) is 1.58. The number of hydrogen-bond donors (Lipinski definition) is 3. The molecule has 2 unspecified atom stereocenters. The summed E-state index contributed by atoms with van der Waals surface area (Å²) in [5, 5.41) is 15.8. The Morgan fingerprint density at radius 1 is 1.45 bits per heavy atom. The monoisotopic (exact) mass is 306 g/mol. The standard InChI is InChI=1S/C17H26N2O3/c1-11(10-18-16(21)22-17(2,3)4)19-15-8-5-12-9-13(20)6-7-14(12)15/h6-7,9,11,15,19-20H,5,8,10H2,1-4H3,(H,18,21). The van der Waals surface area contributed by atoms with Gasteiger partial charge in [0.1, 0.15) is 11.4 Å². The van der Waals surface area contributed by atoms with E-state index in [1.807, 2.05) is 39.8 Å². The summed E-state index contributed by atoms with van der Waals surface area (Å²) in [5.41, 5.74) is 1.96. The third kappa shape index (κ3) is 4.63. The molecule has 0 bridgehead atoms. The summed E-state index contributed by atoms with van der Waals surface area (Å²) in [6.45, 7) is 8.09. The van der Waals surface area contributed by atoms with Crippen LogP contribution in [0.2, 0.25) is 0 Å². The maximum absolute atomic E-state index is 11.6. The van der Waals surface area contributed by atoms with Gasteiger partial charge in [0, 0.05) is 18.6 Å². The third-order valence-corrected chi connectivity index (χ3v) is 3.64. The molecule has 0 spiro atoms. The van der Waals surface area contributed by atoms with Crippen LogP contribution in [0.5, 0.6) is 5.75 Å².